The first-order valence-corrected chi connectivity index (χ1v) is 6.10. The van der Waals surface area contributed by atoms with Crippen molar-refractivity contribution in [3.63, 3.8) is 0 Å². The van der Waals surface area contributed by atoms with E-state index < -0.39 is 0 Å². The van der Waals surface area contributed by atoms with E-state index in [1.165, 1.54) is 5.56 Å². The Morgan fingerprint density at radius 1 is 1.25 bits per heavy atom. The minimum absolute atomic E-state index is 0.551. The highest BCUT2D eigenvalue weighted by molar-refractivity contribution is 5.14. The molecule has 90 valence electrons. The summed E-state index contributed by atoms with van der Waals surface area (Å²) in [5.74, 6) is 0. The van der Waals surface area contributed by atoms with Gasteiger partial charge in [-0.15, -0.1) is 0 Å². The predicted molar refractivity (Wildman–Crippen MR) is 70.5 cm³/mol. The molecule has 0 amide bonds. The molecule has 0 aliphatic rings. The molecule has 1 aromatic rings. The Hall–Kier alpha value is -0.860. The number of nitrogens with one attached hydrogen (secondary N) is 1. The van der Waals surface area contributed by atoms with Crippen LogP contribution in [-0.2, 0) is 6.54 Å². The molecular formula is C14H24N2. The third-order valence-corrected chi connectivity index (χ3v) is 3.36. The molecule has 0 aliphatic carbocycles. The van der Waals surface area contributed by atoms with Gasteiger partial charge in [-0.1, -0.05) is 37.3 Å². The van der Waals surface area contributed by atoms with Gasteiger partial charge in [0.25, 0.3) is 0 Å². The van der Waals surface area contributed by atoms with Gasteiger partial charge in [0.15, 0.2) is 0 Å². The van der Waals surface area contributed by atoms with Crippen LogP contribution < -0.4 is 5.32 Å². The van der Waals surface area contributed by atoms with E-state index in [9.17, 15) is 0 Å². The zero-order chi connectivity index (χ0) is 12.0. The van der Waals surface area contributed by atoms with Crippen LogP contribution in [0.15, 0.2) is 30.3 Å². The van der Waals surface area contributed by atoms with Crippen molar-refractivity contribution in [3.8, 4) is 0 Å². The fourth-order valence-electron chi connectivity index (χ4n) is 2.11. The summed E-state index contributed by atoms with van der Waals surface area (Å²) in [6, 6.07) is 11.7. The Balaban J connectivity index is 2.54. The van der Waals surface area contributed by atoms with Crippen LogP contribution in [0.4, 0.5) is 0 Å². The van der Waals surface area contributed by atoms with Crippen LogP contribution in [0, 0.1) is 0 Å². The molecule has 1 N–H and O–H groups in total. The average Bonchev–Trinajstić information content (AvgIpc) is 2.31. The summed E-state index contributed by atoms with van der Waals surface area (Å²) in [5.41, 5.74) is 1.38. The van der Waals surface area contributed by atoms with Crippen molar-refractivity contribution < 1.29 is 0 Å². The lowest BCUT2D eigenvalue weighted by molar-refractivity contribution is 0.200. The highest BCUT2D eigenvalue weighted by Crippen LogP contribution is 2.10. The number of rotatable bonds is 6. The van der Waals surface area contributed by atoms with Crippen LogP contribution in [-0.4, -0.2) is 31.1 Å². The molecule has 0 aliphatic heterocycles. The van der Waals surface area contributed by atoms with E-state index in [4.69, 9.17) is 0 Å². The van der Waals surface area contributed by atoms with Crippen LogP contribution in [0.1, 0.15) is 25.8 Å². The minimum Gasteiger partial charge on any atom is -0.315 e. The van der Waals surface area contributed by atoms with Gasteiger partial charge in [0.2, 0.25) is 0 Å². The Morgan fingerprint density at radius 2 is 1.88 bits per heavy atom. The highest BCUT2D eigenvalue weighted by Gasteiger charge is 2.17. The predicted octanol–water partition coefficient (Wildman–Crippen LogP) is 2.50. The summed E-state index contributed by atoms with van der Waals surface area (Å²) in [6.07, 6.45) is 1.16. The van der Waals surface area contributed by atoms with E-state index >= 15 is 0 Å². The molecule has 0 radical (unpaired) electrons. The van der Waals surface area contributed by atoms with Crippen molar-refractivity contribution in [1.29, 1.82) is 0 Å². The van der Waals surface area contributed by atoms with Crippen LogP contribution >= 0.6 is 0 Å². The smallest absolute Gasteiger partial charge is 0.0234 e. The van der Waals surface area contributed by atoms with E-state index in [-0.39, 0.29) is 0 Å². The number of benzene rings is 1. The Bertz CT molecular complexity index is 280. The third-order valence-electron chi connectivity index (χ3n) is 3.36. The van der Waals surface area contributed by atoms with Crippen LogP contribution in [0.5, 0.6) is 0 Å². The molecule has 2 unspecified atom stereocenters. The molecule has 0 saturated carbocycles. The van der Waals surface area contributed by atoms with Crippen molar-refractivity contribution in [2.75, 3.05) is 14.1 Å². The van der Waals surface area contributed by atoms with E-state index in [0.717, 1.165) is 13.0 Å². The molecule has 1 aromatic carbocycles. The lowest BCUT2D eigenvalue weighted by Gasteiger charge is -2.31. The second kappa shape index (κ2) is 6.66. The molecule has 2 heteroatoms. The summed E-state index contributed by atoms with van der Waals surface area (Å²) in [4.78, 5) is 2.40. The van der Waals surface area contributed by atoms with Crippen molar-refractivity contribution in [2.24, 2.45) is 0 Å². The first kappa shape index (κ1) is 13.2. The first-order valence-electron chi connectivity index (χ1n) is 6.10. The summed E-state index contributed by atoms with van der Waals surface area (Å²) < 4.78 is 0. The number of hydrogen-bond acceptors (Lipinski definition) is 2. The molecule has 0 aromatic heterocycles. The number of nitrogens with zero attached hydrogens (tertiary/aromatic N) is 1. The monoisotopic (exact) mass is 220 g/mol. The molecule has 0 heterocycles. The normalized spacial score (nSPS) is 15.1. The van der Waals surface area contributed by atoms with Crippen LogP contribution in [0.2, 0.25) is 0 Å². The van der Waals surface area contributed by atoms with Gasteiger partial charge >= 0.3 is 0 Å². The van der Waals surface area contributed by atoms with Crippen molar-refractivity contribution in [2.45, 2.75) is 38.9 Å². The number of hydrogen-bond donors (Lipinski definition) is 1. The Kier molecular flexibility index (Phi) is 5.50. The summed E-state index contributed by atoms with van der Waals surface area (Å²) in [6.45, 7) is 5.53. The zero-order valence-corrected chi connectivity index (χ0v) is 10.9. The van der Waals surface area contributed by atoms with Gasteiger partial charge in [-0.2, -0.15) is 0 Å². The van der Waals surface area contributed by atoms with Gasteiger partial charge in [-0.05, 0) is 33.0 Å². The van der Waals surface area contributed by atoms with E-state index in [1.54, 1.807) is 0 Å². The van der Waals surface area contributed by atoms with E-state index in [2.05, 4.69) is 61.4 Å². The minimum atomic E-state index is 0.551. The largest absolute Gasteiger partial charge is 0.315 e. The van der Waals surface area contributed by atoms with Crippen molar-refractivity contribution in [1.82, 2.24) is 10.2 Å². The Labute approximate surface area is 99.7 Å². The van der Waals surface area contributed by atoms with Gasteiger partial charge in [0, 0.05) is 18.6 Å². The average molecular weight is 220 g/mol. The summed E-state index contributed by atoms with van der Waals surface area (Å²) in [7, 11) is 4.23. The molecule has 0 fully saturated rings. The molecular weight excluding hydrogens is 196 g/mol. The summed E-state index contributed by atoms with van der Waals surface area (Å²) in [5, 5.41) is 3.38. The quantitative estimate of drug-likeness (QED) is 0.792. The van der Waals surface area contributed by atoms with Crippen molar-refractivity contribution in [3.05, 3.63) is 35.9 Å². The van der Waals surface area contributed by atoms with Gasteiger partial charge in [0.1, 0.15) is 0 Å². The number of likely N-dealkylation sites (N-methyl/N-ethyl adjacent to an activating group) is 2. The van der Waals surface area contributed by atoms with Crippen LogP contribution in [0.25, 0.3) is 0 Å². The molecule has 0 spiro atoms. The molecule has 16 heavy (non-hydrogen) atoms. The standard InChI is InChI=1S/C14H24N2/c1-5-14(15-3)12(2)16(4)11-13-9-7-6-8-10-13/h6-10,12,14-15H,5,11H2,1-4H3. The van der Waals surface area contributed by atoms with E-state index in [1.807, 2.05) is 7.05 Å². The topological polar surface area (TPSA) is 15.3 Å². The molecule has 0 bridgehead atoms. The second-order valence-corrected chi connectivity index (χ2v) is 4.44. The van der Waals surface area contributed by atoms with E-state index in [0.29, 0.717) is 12.1 Å². The Morgan fingerprint density at radius 3 is 2.38 bits per heavy atom. The lowest BCUT2D eigenvalue weighted by atomic mass is 10.1. The third kappa shape index (κ3) is 3.62. The van der Waals surface area contributed by atoms with Crippen LogP contribution in [0.3, 0.4) is 0 Å². The fraction of sp³-hybridized carbons (Fsp3) is 0.571. The fourth-order valence-corrected chi connectivity index (χ4v) is 2.11. The maximum Gasteiger partial charge on any atom is 0.0234 e. The SMILES string of the molecule is CCC(NC)C(C)N(C)Cc1ccccc1. The second-order valence-electron chi connectivity index (χ2n) is 4.44. The van der Waals surface area contributed by atoms with Gasteiger partial charge in [-0.3, -0.25) is 4.90 Å². The summed E-state index contributed by atoms with van der Waals surface area (Å²) >= 11 is 0. The molecule has 2 nitrogen and oxygen atoms in total. The maximum absolute atomic E-state index is 3.38. The molecule has 1 rings (SSSR count). The van der Waals surface area contributed by atoms with Gasteiger partial charge in [-0.25, -0.2) is 0 Å². The molecule has 0 saturated heterocycles. The van der Waals surface area contributed by atoms with Gasteiger partial charge in [0.05, 0.1) is 0 Å². The van der Waals surface area contributed by atoms with Crippen molar-refractivity contribution >= 4 is 0 Å². The maximum atomic E-state index is 3.38. The molecule has 2 atom stereocenters. The van der Waals surface area contributed by atoms with Gasteiger partial charge < -0.3 is 5.32 Å². The zero-order valence-electron chi connectivity index (χ0n) is 10.9. The highest BCUT2D eigenvalue weighted by atomic mass is 15.2. The first-order chi connectivity index (χ1) is 7.69. The lowest BCUT2D eigenvalue weighted by Crippen LogP contribution is -2.44.